The van der Waals surface area contributed by atoms with E-state index in [0.29, 0.717) is 6.54 Å². The minimum atomic E-state index is -0.310. The SMILES string of the molecule is CC(=O)OCCNC(=O)C1CC1. The van der Waals surface area contributed by atoms with E-state index in [9.17, 15) is 9.59 Å². The molecule has 12 heavy (non-hydrogen) atoms. The van der Waals surface area contributed by atoms with Crippen molar-refractivity contribution in [1.29, 1.82) is 0 Å². The van der Waals surface area contributed by atoms with Crippen molar-refractivity contribution in [2.75, 3.05) is 13.2 Å². The molecule has 1 rings (SSSR count). The summed E-state index contributed by atoms with van der Waals surface area (Å²) in [6, 6.07) is 0. The van der Waals surface area contributed by atoms with Crippen LogP contribution in [0.25, 0.3) is 0 Å². The second-order valence-corrected chi connectivity index (χ2v) is 2.91. The molecular formula is C8H13NO3. The summed E-state index contributed by atoms with van der Waals surface area (Å²) in [5.41, 5.74) is 0. The number of carbonyl (C=O) groups is 2. The van der Waals surface area contributed by atoms with Gasteiger partial charge in [0.15, 0.2) is 0 Å². The molecule has 0 aromatic rings. The molecule has 4 heteroatoms. The highest BCUT2D eigenvalue weighted by Crippen LogP contribution is 2.28. The minimum Gasteiger partial charge on any atom is -0.464 e. The average Bonchev–Trinajstić information content (AvgIpc) is 2.79. The molecular weight excluding hydrogens is 158 g/mol. The van der Waals surface area contributed by atoms with Crippen LogP contribution in [0.5, 0.6) is 0 Å². The molecule has 1 fully saturated rings. The van der Waals surface area contributed by atoms with Gasteiger partial charge in [0.25, 0.3) is 0 Å². The van der Waals surface area contributed by atoms with Crippen LogP contribution in [-0.4, -0.2) is 25.0 Å². The van der Waals surface area contributed by atoms with Crippen molar-refractivity contribution in [3.63, 3.8) is 0 Å². The lowest BCUT2D eigenvalue weighted by Crippen LogP contribution is -2.28. The zero-order valence-corrected chi connectivity index (χ0v) is 7.13. The van der Waals surface area contributed by atoms with Crippen molar-refractivity contribution >= 4 is 11.9 Å². The van der Waals surface area contributed by atoms with Gasteiger partial charge in [-0.3, -0.25) is 9.59 Å². The lowest BCUT2D eigenvalue weighted by Gasteiger charge is -2.03. The van der Waals surface area contributed by atoms with Gasteiger partial charge in [0.1, 0.15) is 6.61 Å². The number of esters is 1. The molecule has 1 amide bonds. The van der Waals surface area contributed by atoms with Crippen LogP contribution in [-0.2, 0) is 14.3 Å². The van der Waals surface area contributed by atoms with Crippen LogP contribution in [0.15, 0.2) is 0 Å². The Kier molecular flexibility index (Phi) is 3.08. The molecule has 4 nitrogen and oxygen atoms in total. The normalized spacial score (nSPS) is 15.4. The smallest absolute Gasteiger partial charge is 0.302 e. The van der Waals surface area contributed by atoms with E-state index in [0.717, 1.165) is 12.8 Å². The van der Waals surface area contributed by atoms with E-state index in [2.05, 4.69) is 10.1 Å². The Morgan fingerprint density at radius 3 is 2.67 bits per heavy atom. The summed E-state index contributed by atoms with van der Waals surface area (Å²) >= 11 is 0. The Hall–Kier alpha value is -1.06. The molecule has 0 spiro atoms. The van der Waals surface area contributed by atoms with Crippen LogP contribution in [0, 0.1) is 5.92 Å². The molecule has 0 aromatic carbocycles. The minimum absolute atomic E-state index is 0.0853. The lowest BCUT2D eigenvalue weighted by molar-refractivity contribution is -0.141. The fourth-order valence-corrected chi connectivity index (χ4v) is 0.859. The number of hydrogen-bond donors (Lipinski definition) is 1. The summed E-state index contributed by atoms with van der Waals surface area (Å²) in [5.74, 6) is 0.000140. The van der Waals surface area contributed by atoms with E-state index in [4.69, 9.17) is 0 Å². The van der Waals surface area contributed by atoms with Crippen molar-refractivity contribution in [2.45, 2.75) is 19.8 Å². The number of rotatable bonds is 4. The van der Waals surface area contributed by atoms with E-state index in [1.165, 1.54) is 6.92 Å². The molecule has 0 unspecified atom stereocenters. The molecule has 0 aromatic heterocycles. The Morgan fingerprint density at radius 1 is 1.50 bits per heavy atom. The van der Waals surface area contributed by atoms with Gasteiger partial charge in [0.05, 0.1) is 6.54 Å². The standard InChI is InChI=1S/C8H13NO3/c1-6(10)12-5-4-9-8(11)7-2-3-7/h7H,2-5H2,1H3,(H,9,11). The number of nitrogens with one attached hydrogen (secondary N) is 1. The maximum Gasteiger partial charge on any atom is 0.302 e. The maximum absolute atomic E-state index is 11.0. The monoisotopic (exact) mass is 171 g/mol. The van der Waals surface area contributed by atoms with Gasteiger partial charge >= 0.3 is 5.97 Å². The van der Waals surface area contributed by atoms with Gasteiger partial charge in [0.2, 0.25) is 5.91 Å². The molecule has 68 valence electrons. The van der Waals surface area contributed by atoms with Gasteiger partial charge in [-0.15, -0.1) is 0 Å². The summed E-state index contributed by atoms with van der Waals surface area (Å²) in [4.78, 5) is 21.3. The Bertz CT molecular complexity index is 187. The Labute approximate surface area is 71.3 Å². The first kappa shape index (κ1) is 9.03. The van der Waals surface area contributed by atoms with Crippen molar-refractivity contribution in [3.8, 4) is 0 Å². The molecule has 1 N–H and O–H groups in total. The predicted octanol–water partition coefficient (Wildman–Crippen LogP) is 0.0757. The van der Waals surface area contributed by atoms with E-state index in [1.807, 2.05) is 0 Å². The highest BCUT2D eigenvalue weighted by molar-refractivity contribution is 5.80. The third kappa shape index (κ3) is 3.37. The number of hydrogen-bond acceptors (Lipinski definition) is 3. The number of carbonyl (C=O) groups excluding carboxylic acids is 2. The summed E-state index contributed by atoms with van der Waals surface area (Å²) < 4.78 is 4.64. The Balaban J connectivity index is 1.94. The first-order valence-electron chi connectivity index (χ1n) is 4.11. The Morgan fingerprint density at radius 2 is 2.17 bits per heavy atom. The average molecular weight is 171 g/mol. The molecule has 1 aliphatic rings. The fraction of sp³-hybridized carbons (Fsp3) is 0.750. The van der Waals surface area contributed by atoms with Gasteiger partial charge in [0, 0.05) is 12.8 Å². The van der Waals surface area contributed by atoms with Gasteiger partial charge in [-0.2, -0.15) is 0 Å². The maximum atomic E-state index is 11.0. The lowest BCUT2D eigenvalue weighted by atomic mass is 10.4. The van der Waals surface area contributed by atoms with Crippen LogP contribution in [0.3, 0.4) is 0 Å². The zero-order valence-electron chi connectivity index (χ0n) is 7.13. The van der Waals surface area contributed by atoms with E-state index in [-0.39, 0.29) is 24.4 Å². The van der Waals surface area contributed by atoms with E-state index < -0.39 is 0 Å². The van der Waals surface area contributed by atoms with Crippen molar-refractivity contribution < 1.29 is 14.3 Å². The summed E-state index contributed by atoms with van der Waals surface area (Å²) in [6.45, 7) is 2.05. The van der Waals surface area contributed by atoms with Crippen molar-refractivity contribution in [3.05, 3.63) is 0 Å². The highest BCUT2D eigenvalue weighted by atomic mass is 16.5. The van der Waals surface area contributed by atoms with Gasteiger partial charge in [-0.1, -0.05) is 0 Å². The molecule has 0 saturated heterocycles. The molecule has 0 atom stereocenters. The van der Waals surface area contributed by atoms with Crippen LogP contribution in [0.4, 0.5) is 0 Å². The summed E-state index contributed by atoms with van der Waals surface area (Å²) in [5, 5.41) is 2.68. The van der Waals surface area contributed by atoms with E-state index >= 15 is 0 Å². The zero-order chi connectivity index (χ0) is 8.97. The van der Waals surface area contributed by atoms with Crippen LogP contribution in [0.1, 0.15) is 19.8 Å². The quantitative estimate of drug-likeness (QED) is 0.481. The second-order valence-electron chi connectivity index (χ2n) is 2.91. The summed E-state index contributed by atoms with van der Waals surface area (Å²) in [6.07, 6.45) is 2.00. The number of amides is 1. The predicted molar refractivity (Wildman–Crippen MR) is 42.4 cm³/mol. The molecule has 0 radical (unpaired) electrons. The van der Waals surface area contributed by atoms with Crippen LogP contribution >= 0.6 is 0 Å². The highest BCUT2D eigenvalue weighted by Gasteiger charge is 2.28. The first-order chi connectivity index (χ1) is 5.70. The summed E-state index contributed by atoms with van der Waals surface area (Å²) in [7, 11) is 0. The third-order valence-corrected chi connectivity index (χ3v) is 1.65. The number of ether oxygens (including phenoxy) is 1. The topological polar surface area (TPSA) is 55.4 Å². The first-order valence-corrected chi connectivity index (χ1v) is 4.11. The van der Waals surface area contributed by atoms with Gasteiger partial charge < -0.3 is 10.1 Å². The third-order valence-electron chi connectivity index (χ3n) is 1.65. The van der Waals surface area contributed by atoms with Crippen LogP contribution < -0.4 is 5.32 Å². The molecule has 1 aliphatic carbocycles. The largest absolute Gasteiger partial charge is 0.464 e. The second kappa shape index (κ2) is 4.09. The fourth-order valence-electron chi connectivity index (χ4n) is 0.859. The van der Waals surface area contributed by atoms with Crippen molar-refractivity contribution in [1.82, 2.24) is 5.32 Å². The van der Waals surface area contributed by atoms with Gasteiger partial charge in [-0.05, 0) is 12.8 Å². The van der Waals surface area contributed by atoms with Crippen LogP contribution in [0.2, 0.25) is 0 Å². The van der Waals surface area contributed by atoms with Crippen molar-refractivity contribution in [2.24, 2.45) is 5.92 Å². The van der Waals surface area contributed by atoms with Gasteiger partial charge in [-0.25, -0.2) is 0 Å². The molecule has 1 saturated carbocycles. The molecule has 0 bridgehead atoms. The van der Waals surface area contributed by atoms with E-state index in [1.54, 1.807) is 0 Å². The molecule has 0 aliphatic heterocycles. The molecule has 0 heterocycles.